The third-order valence-corrected chi connectivity index (χ3v) is 3.52. The second kappa shape index (κ2) is 5.49. The Morgan fingerprint density at radius 3 is 2.12 bits per heavy atom. The number of benzene rings is 2. The fraction of sp³-hybridized carbons (Fsp3) is 0.0769. The van der Waals surface area contributed by atoms with Crippen molar-refractivity contribution in [3.05, 3.63) is 57.0 Å². The summed E-state index contributed by atoms with van der Waals surface area (Å²) in [6, 6.07) is 10.9. The molecule has 0 nitrogen and oxygen atoms in total. The van der Waals surface area contributed by atoms with Crippen LogP contribution in [0, 0.1) is 0 Å². The van der Waals surface area contributed by atoms with Crippen LogP contribution in [-0.2, 0) is 5.88 Å². The summed E-state index contributed by atoms with van der Waals surface area (Å²) in [4.78, 5) is 0. The number of rotatable bonds is 2. The van der Waals surface area contributed by atoms with Gasteiger partial charge in [-0.15, -0.1) is 11.6 Å². The maximum Gasteiger partial charge on any atom is 0.0485 e. The lowest BCUT2D eigenvalue weighted by Crippen LogP contribution is -1.87. The lowest BCUT2D eigenvalue weighted by Gasteiger charge is -2.10. The first-order valence-corrected chi connectivity index (χ1v) is 6.58. The Bertz CT molecular complexity index is 549. The summed E-state index contributed by atoms with van der Waals surface area (Å²) in [5.74, 6) is 0.374. The van der Waals surface area contributed by atoms with Gasteiger partial charge in [-0.05, 0) is 41.5 Å². The van der Waals surface area contributed by atoms with Crippen molar-refractivity contribution in [1.82, 2.24) is 0 Å². The first kappa shape index (κ1) is 13.0. The van der Waals surface area contributed by atoms with Gasteiger partial charge >= 0.3 is 0 Å². The molecule has 2 aromatic rings. The predicted molar refractivity (Wildman–Crippen MR) is 76.5 cm³/mol. The molecule has 17 heavy (non-hydrogen) atoms. The van der Waals surface area contributed by atoms with E-state index in [4.69, 9.17) is 46.4 Å². The van der Waals surface area contributed by atoms with Crippen molar-refractivity contribution in [2.24, 2.45) is 0 Å². The summed E-state index contributed by atoms with van der Waals surface area (Å²) in [5.41, 5.74) is 2.76. The molecule has 0 N–H and O–H groups in total. The van der Waals surface area contributed by atoms with E-state index in [2.05, 4.69) is 0 Å². The molecule has 0 heterocycles. The van der Waals surface area contributed by atoms with E-state index in [1.54, 1.807) is 12.1 Å². The van der Waals surface area contributed by atoms with Gasteiger partial charge in [0, 0.05) is 26.5 Å². The first-order valence-electron chi connectivity index (χ1n) is 4.91. The van der Waals surface area contributed by atoms with E-state index in [1.165, 1.54) is 0 Å². The van der Waals surface area contributed by atoms with Gasteiger partial charge in [-0.2, -0.15) is 0 Å². The molecule has 0 unspecified atom stereocenters. The maximum atomic E-state index is 6.16. The number of halogens is 4. The lowest BCUT2D eigenvalue weighted by molar-refractivity contribution is 1.40. The number of hydrogen-bond donors (Lipinski definition) is 0. The molecule has 0 spiro atoms. The minimum Gasteiger partial charge on any atom is -0.122 e. The van der Waals surface area contributed by atoms with Gasteiger partial charge in [-0.25, -0.2) is 0 Å². The Labute approximate surface area is 120 Å². The van der Waals surface area contributed by atoms with E-state index < -0.39 is 0 Å². The van der Waals surface area contributed by atoms with Crippen LogP contribution in [0.1, 0.15) is 5.56 Å². The smallest absolute Gasteiger partial charge is 0.0485 e. The zero-order chi connectivity index (χ0) is 12.4. The van der Waals surface area contributed by atoms with Crippen molar-refractivity contribution < 1.29 is 0 Å². The molecule has 0 aliphatic rings. The van der Waals surface area contributed by atoms with Gasteiger partial charge < -0.3 is 0 Å². The van der Waals surface area contributed by atoms with Gasteiger partial charge in [0.05, 0.1) is 0 Å². The van der Waals surface area contributed by atoms with Crippen LogP contribution in [-0.4, -0.2) is 0 Å². The first-order chi connectivity index (χ1) is 8.11. The zero-order valence-corrected chi connectivity index (χ0v) is 11.7. The quantitative estimate of drug-likeness (QED) is 0.592. The molecule has 4 heteroatoms. The van der Waals surface area contributed by atoms with Crippen molar-refractivity contribution in [3.8, 4) is 11.1 Å². The summed E-state index contributed by atoms with van der Waals surface area (Å²) < 4.78 is 0. The van der Waals surface area contributed by atoms with E-state index in [1.807, 2.05) is 24.3 Å². The molecule has 0 fully saturated rings. The highest BCUT2D eigenvalue weighted by molar-refractivity contribution is 6.35. The van der Waals surface area contributed by atoms with Crippen LogP contribution < -0.4 is 0 Å². The molecule has 0 radical (unpaired) electrons. The fourth-order valence-electron chi connectivity index (χ4n) is 1.64. The topological polar surface area (TPSA) is 0 Å². The monoisotopic (exact) mass is 304 g/mol. The normalized spacial score (nSPS) is 10.6. The summed E-state index contributed by atoms with van der Waals surface area (Å²) >= 11 is 24.0. The van der Waals surface area contributed by atoms with E-state index >= 15 is 0 Å². The Kier molecular flexibility index (Phi) is 4.22. The van der Waals surface area contributed by atoms with Crippen LogP contribution >= 0.6 is 46.4 Å². The van der Waals surface area contributed by atoms with Crippen molar-refractivity contribution in [3.63, 3.8) is 0 Å². The highest BCUT2D eigenvalue weighted by Crippen LogP contribution is 2.34. The predicted octanol–water partition coefficient (Wildman–Crippen LogP) is 6.05. The molecule has 2 rings (SSSR count). The number of hydrogen-bond acceptors (Lipinski definition) is 0. The van der Waals surface area contributed by atoms with Crippen molar-refractivity contribution in [1.29, 1.82) is 0 Å². The standard InChI is InChI=1S/C13H8Cl4/c14-7-8-5-9(15)1-3-11(8)12-6-10(16)2-4-13(12)17/h1-6H,7H2. The van der Waals surface area contributed by atoms with Crippen LogP contribution in [0.25, 0.3) is 11.1 Å². The van der Waals surface area contributed by atoms with E-state index in [9.17, 15) is 0 Å². The van der Waals surface area contributed by atoms with Gasteiger partial charge in [0.2, 0.25) is 0 Å². The molecule has 0 saturated carbocycles. The van der Waals surface area contributed by atoms with Crippen molar-refractivity contribution in [2.75, 3.05) is 0 Å². The highest BCUT2D eigenvalue weighted by atomic mass is 35.5. The molecule has 0 aliphatic heterocycles. The second-order valence-electron chi connectivity index (χ2n) is 3.56. The molecule has 0 saturated heterocycles. The number of alkyl halides is 1. The molecule has 0 aromatic heterocycles. The van der Waals surface area contributed by atoms with E-state index in [-0.39, 0.29) is 0 Å². The van der Waals surface area contributed by atoms with Crippen LogP contribution in [0.4, 0.5) is 0 Å². The Balaban J connectivity index is 2.63. The van der Waals surface area contributed by atoms with Gasteiger partial charge in [-0.1, -0.05) is 40.9 Å². The van der Waals surface area contributed by atoms with E-state index in [0.29, 0.717) is 20.9 Å². The summed E-state index contributed by atoms with van der Waals surface area (Å²) in [5, 5.41) is 1.94. The second-order valence-corrected chi connectivity index (χ2v) is 5.11. The van der Waals surface area contributed by atoms with Crippen LogP contribution in [0.5, 0.6) is 0 Å². The van der Waals surface area contributed by atoms with Crippen LogP contribution in [0.15, 0.2) is 36.4 Å². The third-order valence-electron chi connectivity index (χ3n) is 2.43. The van der Waals surface area contributed by atoms with Gasteiger partial charge in [0.1, 0.15) is 0 Å². The molecule has 88 valence electrons. The maximum absolute atomic E-state index is 6.16. The average molecular weight is 306 g/mol. The third kappa shape index (κ3) is 2.89. The minimum atomic E-state index is 0.374. The zero-order valence-electron chi connectivity index (χ0n) is 8.68. The SMILES string of the molecule is ClCc1cc(Cl)ccc1-c1cc(Cl)ccc1Cl. The Morgan fingerprint density at radius 1 is 0.765 bits per heavy atom. The van der Waals surface area contributed by atoms with Gasteiger partial charge in [-0.3, -0.25) is 0 Å². The summed E-state index contributed by atoms with van der Waals surface area (Å²) in [6.45, 7) is 0. The average Bonchev–Trinajstić information content (AvgIpc) is 2.32. The molecule has 0 atom stereocenters. The van der Waals surface area contributed by atoms with Crippen LogP contribution in [0.3, 0.4) is 0 Å². The molecular weight excluding hydrogens is 298 g/mol. The lowest BCUT2D eigenvalue weighted by atomic mass is 10.0. The summed E-state index contributed by atoms with van der Waals surface area (Å²) in [6.07, 6.45) is 0. The van der Waals surface area contributed by atoms with Crippen molar-refractivity contribution in [2.45, 2.75) is 5.88 Å². The molecule has 0 aliphatic carbocycles. The molecule has 2 aromatic carbocycles. The summed E-state index contributed by atoms with van der Waals surface area (Å²) in [7, 11) is 0. The van der Waals surface area contributed by atoms with Crippen LogP contribution in [0.2, 0.25) is 15.1 Å². The largest absolute Gasteiger partial charge is 0.122 e. The fourth-order valence-corrected chi connectivity index (χ4v) is 2.45. The Morgan fingerprint density at radius 2 is 1.41 bits per heavy atom. The van der Waals surface area contributed by atoms with Crippen molar-refractivity contribution >= 4 is 46.4 Å². The van der Waals surface area contributed by atoms with E-state index in [0.717, 1.165) is 16.7 Å². The molecule has 0 bridgehead atoms. The highest BCUT2D eigenvalue weighted by Gasteiger charge is 2.09. The molecular formula is C13H8Cl4. The van der Waals surface area contributed by atoms with Gasteiger partial charge in [0.15, 0.2) is 0 Å². The molecule has 0 amide bonds. The minimum absolute atomic E-state index is 0.374. The Hall–Kier alpha value is -0.400. The van der Waals surface area contributed by atoms with Gasteiger partial charge in [0.25, 0.3) is 0 Å².